The van der Waals surface area contributed by atoms with Gasteiger partial charge in [0.25, 0.3) is 0 Å². The third kappa shape index (κ3) is 5.10. The number of nitrogens with one attached hydrogen (secondary N) is 2. The average molecular weight is 319 g/mol. The molecule has 0 aliphatic rings. The molecule has 6 nitrogen and oxygen atoms in total. The van der Waals surface area contributed by atoms with Crippen molar-refractivity contribution in [1.29, 1.82) is 0 Å². The molecule has 0 saturated heterocycles. The summed E-state index contributed by atoms with van der Waals surface area (Å²) >= 11 is 0. The van der Waals surface area contributed by atoms with Crippen molar-refractivity contribution in [1.82, 2.24) is 4.72 Å². The Kier molecular flexibility index (Phi) is 6.44. The van der Waals surface area contributed by atoms with Crippen LogP contribution < -0.4 is 15.8 Å². The zero-order valence-electron chi connectivity index (χ0n) is 11.7. The summed E-state index contributed by atoms with van der Waals surface area (Å²) in [6, 6.07) is 4.54. The molecule has 0 spiro atoms. The molecule has 0 saturated carbocycles. The number of nitrogens with two attached hydrogens (primary N) is 1. The molecule has 4 N–H and O–H groups in total. The van der Waals surface area contributed by atoms with E-state index in [1.54, 1.807) is 19.2 Å². The lowest BCUT2D eigenvalue weighted by Crippen LogP contribution is -2.23. The molecule has 1 atom stereocenters. The minimum Gasteiger partial charge on any atom is -0.397 e. The van der Waals surface area contributed by atoms with Gasteiger partial charge in [-0.3, -0.25) is 4.21 Å². The Morgan fingerprint density at radius 2 is 2.05 bits per heavy atom. The predicted octanol–water partition coefficient (Wildman–Crippen LogP) is 0.747. The van der Waals surface area contributed by atoms with E-state index in [0.29, 0.717) is 30.2 Å². The van der Waals surface area contributed by atoms with Gasteiger partial charge in [0, 0.05) is 35.9 Å². The average Bonchev–Trinajstić information content (AvgIpc) is 2.36. The molecular formula is C12H21N3O3S2. The Morgan fingerprint density at radius 1 is 1.35 bits per heavy atom. The van der Waals surface area contributed by atoms with Gasteiger partial charge in [0.2, 0.25) is 10.0 Å². The predicted molar refractivity (Wildman–Crippen MR) is 83.8 cm³/mol. The van der Waals surface area contributed by atoms with Crippen LogP contribution in [0.15, 0.2) is 23.1 Å². The Hall–Kier alpha value is -1.12. The maximum atomic E-state index is 11.9. The molecule has 1 aromatic rings. The molecule has 0 radical (unpaired) electrons. The summed E-state index contributed by atoms with van der Waals surface area (Å²) in [6.45, 7) is 2.64. The molecule has 1 rings (SSSR count). The first-order chi connectivity index (χ1) is 9.36. The van der Waals surface area contributed by atoms with Gasteiger partial charge in [0.1, 0.15) is 0 Å². The SMILES string of the molecule is CCNS(=O)(=O)c1ccc(N)c(NCCCS(C)=O)c1. The maximum Gasteiger partial charge on any atom is 0.240 e. The summed E-state index contributed by atoms with van der Waals surface area (Å²) in [4.78, 5) is 0.176. The third-order valence-corrected chi connectivity index (χ3v) is 5.00. The quantitative estimate of drug-likeness (QED) is 0.485. The summed E-state index contributed by atoms with van der Waals surface area (Å²) in [5.41, 5.74) is 6.87. The van der Waals surface area contributed by atoms with Crippen LogP contribution in [0.5, 0.6) is 0 Å². The van der Waals surface area contributed by atoms with Crippen LogP contribution in [-0.2, 0) is 20.8 Å². The summed E-state index contributed by atoms with van der Waals surface area (Å²) in [6.07, 6.45) is 2.38. The normalized spacial score (nSPS) is 13.1. The second kappa shape index (κ2) is 7.61. The highest BCUT2D eigenvalue weighted by atomic mass is 32.2. The van der Waals surface area contributed by atoms with E-state index in [1.807, 2.05) is 0 Å². The smallest absolute Gasteiger partial charge is 0.240 e. The van der Waals surface area contributed by atoms with E-state index in [1.165, 1.54) is 12.1 Å². The van der Waals surface area contributed by atoms with Crippen molar-refractivity contribution >= 4 is 32.2 Å². The summed E-state index contributed by atoms with van der Waals surface area (Å²) in [5, 5.41) is 3.07. The van der Waals surface area contributed by atoms with Crippen molar-refractivity contribution in [3.8, 4) is 0 Å². The summed E-state index contributed by atoms with van der Waals surface area (Å²) in [5.74, 6) is 0.599. The highest BCUT2D eigenvalue weighted by Crippen LogP contribution is 2.22. The molecule has 1 unspecified atom stereocenters. The van der Waals surface area contributed by atoms with Gasteiger partial charge in [-0.2, -0.15) is 0 Å². The molecule has 0 amide bonds. The van der Waals surface area contributed by atoms with Gasteiger partial charge >= 0.3 is 0 Å². The molecule has 1 aromatic carbocycles. The fraction of sp³-hybridized carbons (Fsp3) is 0.500. The van der Waals surface area contributed by atoms with E-state index >= 15 is 0 Å². The van der Waals surface area contributed by atoms with E-state index in [9.17, 15) is 12.6 Å². The maximum absolute atomic E-state index is 11.9. The first kappa shape index (κ1) is 16.9. The molecular weight excluding hydrogens is 298 g/mol. The van der Waals surface area contributed by atoms with Gasteiger partial charge in [-0.15, -0.1) is 0 Å². The van der Waals surface area contributed by atoms with Crippen LogP contribution in [0.3, 0.4) is 0 Å². The van der Waals surface area contributed by atoms with Crippen molar-refractivity contribution in [2.75, 3.05) is 36.1 Å². The molecule has 114 valence electrons. The van der Waals surface area contributed by atoms with Gasteiger partial charge < -0.3 is 11.1 Å². The van der Waals surface area contributed by atoms with Crippen molar-refractivity contribution in [2.45, 2.75) is 18.2 Å². The second-order valence-corrected chi connectivity index (χ2v) is 7.63. The van der Waals surface area contributed by atoms with E-state index in [2.05, 4.69) is 10.0 Å². The lowest BCUT2D eigenvalue weighted by atomic mass is 10.2. The van der Waals surface area contributed by atoms with Crippen LogP contribution in [-0.4, -0.2) is 37.7 Å². The zero-order chi connectivity index (χ0) is 15.2. The van der Waals surface area contributed by atoms with Crippen molar-refractivity contribution < 1.29 is 12.6 Å². The first-order valence-electron chi connectivity index (χ1n) is 6.30. The largest absolute Gasteiger partial charge is 0.397 e. The summed E-state index contributed by atoms with van der Waals surface area (Å²) < 4.78 is 37.2. The fourth-order valence-electron chi connectivity index (χ4n) is 1.63. The lowest BCUT2D eigenvalue weighted by molar-refractivity contribution is 0.584. The second-order valence-electron chi connectivity index (χ2n) is 4.31. The molecule has 0 aliphatic carbocycles. The molecule has 0 fully saturated rings. The van der Waals surface area contributed by atoms with Gasteiger partial charge in [-0.1, -0.05) is 6.92 Å². The topological polar surface area (TPSA) is 101 Å². The number of hydrogen-bond donors (Lipinski definition) is 3. The molecule has 8 heteroatoms. The molecule has 0 bridgehead atoms. The van der Waals surface area contributed by atoms with E-state index in [-0.39, 0.29) is 4.90 Å². The Labute approximate surface area is 122 Å². The molecule has 0 aliphatic heterocycles. The fourth-order valence-corrected chi connectivity index (χ4v) is 3.25. The minimum absolute atomic E-state index is 0.176. The van der Waals surface area contributed by atoms with Gasteiger partial charge in [0.05, 0.1) is 16.3 Å². The van der Waals surface area contributed by atoms with Crippen LogP contribution in [0.4, 0.5) is 11.4 Å². The monoisotopic (exact) mass is 319 g/mol. The first-order valence-corrected chi connectivity index (χ1v) is 9.51. The Bertz CT molecular complexity index is 573. The van der Waals surface area contributed by atoms with E-state index < -0.39 is 20.8 Å². The van der Waals surface area contributed by atoms with Crippen LogP contribution in [0.2, 0.25) is 0 Å². The number of nitrogen functional groups attached to an aromatic ring is 1. The van der Waals surface area contributed by atoms with Crippen molar-refractivity contribution in [3.05, 3.63) is 18.2 Å². The van der Waals surface area contributed by atoms with Gasteiger partial charge in [-0.25, -0.2) is 13.1 Å². The van der Waals surface area contributed by atoms with Crippen LogP contribution in [0, 0.1) is 0 Å². The molecule has 0 heterocycles. The van der Waals surface area contributed by atoms with Crippen molar-refractivity contribution in [3.63, 3.8) is 0 Å². The van der Waals surface area contributed by atoms with Crippen LogP contribution >= 0.6 is 0 Å². The van der Waals surface area contributed by atoms with Crippen LogP contribution in [0.1, 0.15) is 13.3 Å². The Balaban J connectivity index is 2.79. The number of hydrogen-bond acceptors (Lipinski definition) is 5. The number of benzene rings is 1. The number of rotatable bonds is 8. The van der Waals surface area contributed by atoms with E-state index in [4.69, 9.17) is 5.73 Å². The highest BCUT2D eigenvalue weighted by Gasteiger charge is 2.14. The highest BCUT2D eigenvalue weighted by molar-refractivity contribution is 7.89. The van der Waals surface area contributed by atoms with Gasteiger partial charge in [-0.05, 0) is 24.6 Å². The lowest BCUT2D eigenvalue weighted by Gasteiger charge is -2.11. The molecule has 0 aromatic heterocycles. The standard InChI is InChI=1S/C12H21N3O3S2/c1-3-15-20(17,18)10-5-6-11(13)12(9-10)14-7-4-8-19(2)16/h5-6,9,14-15H,3-4,7-8,13H2,1-2H3. The third-order valence-electron chi connectivity index (χ3n) is 2.59. The summed E-state index contributed by atoms with van der Waals surface area (Å²) in [7, 11) is -4.31. The van der Waals surface area contributed by atoms with Crippen molar-refractivity contribution in [2.24, 2.45) is 0 Å². The number of sulfonamides is 1. The zero-order valence-corrected chi connectivity index (χ0v) is 13.3. The van der Waals surface area contributed by atoms with E-state index in [0.717, 1.165) is 6.42 Å². The van der Waals surface area contributed by atoms with Gasteiger partial charge in [0.15, 0.2) is 0 Å². The number of anilines is 2. The Morgan fingerprint density at radius 3 is 2.65 bits per heavy atom. The molecule has 20 heavy (non-hydrogen) atoms. The minimum atomic E-state index is -3.49. The van der Waals surface area contributed by atoms with Crippen LogP contribution in [0.25, 0.3) is 0 Å².